The number of rotatable bonds is 4. The van der Waals surface area contributed by atoms with E-state index in [1.165, 1.54) is 0 Å². The average molecular weight is 325 g/mol. The highest BCUT2D eigenvalue weighted by molar-refractivity contribution is 9.10. The summed E-state index contributed by atoms with van der Waals surface area (Å²) in [4.78, 5) is 27.2. The summed E-state index contributed by atoms with van der Waals surface area (Å²) in [5.41, 5.74) is 1.03. The van der Waals surface area contributed by atoms with E-state index in [2.05, 4.69) is 15.9 Å². The van der Waals surface area contributed by atoms with Gasteiger partial charge in [0.15, 0.2) is 0 Å². The van der Waals surface area contributed by atoms with E-state index in [-0.39, 0.29) is 24.9 Å². The van der Waals surface area contributed by atoms with Crippen molar-refractivity contribution in [3.63, 3.8) is 0 Å². The Morgan fingerprint density at radius 1 is 1.16 bits per heavy atom. The number of carbonyl (C=O) groups excluding carboxylic acids is 2. The number of halogens is 1. The topological polar surface area (TPSA) is 40.6 Å². The van der Waals surface area contributed by atoms with Gasteiger partial charge in [0.05, 0.1) is 6.54 Å². The van der Waals surface area contributed by atoms with Gasteiger partial charge >= 0.3 is 0 Å². The van der Waals surface area contributed by atoms with E-state index >= 15 is 0 Å². The van der Waals surface area contributed by atoms with Crippen molar-refractivity contribution in [1.82, 2.24) is 9.80 Å². The van der Waals surface area contributed by atoms with Gasteiger partial charge in [0.2, 0.25) is 11.8 Å². The Kier molecular flexibility index (Phi) is 4.58. The smallest absolute Gasteiger partial charge is 0.242 e. The van der Waals surface area contributed by atoms with Crippen LogP contribution in [0, 0.1) is 0 Å². The molecule has 1 aromatic carbocycles. The first-order chi connectivity index (χ1) is 9.10. The molecule has 2 amide bonds. The number of hydrogen-bond donors (Lipinski definition) is 0. The van der Waals surface area contributed by atoms with Gasteiger partial charge in [-0.15, -0.1) is 0 Å². The number of carbonyl (C=O) groups is 2. The van der Waals surface area contributed by atoms with Crippen LogP contribution in [0.2, 0.25) is 0 Å². The molecule has 1 fully saturated rings. The Hall–Kier alpha value is -1.36. The van der Waals surface area contributed by atoms with Crippen molar-refractivity contribution in [3.05, 3.63) is 34.3 Å². The number of piperazine rings is 1. The van der Waals surface area contributed by atoms with E-state index in [0.29, 0.717) is 13.1 Å². The SMILES string of the molecule is CCCN1CC(=O)N(Cc2cccc(Br)c2)CC1=O. The molecule has 0 atom stereocenters. The lowest BCUT2D eigenvalue weighted by Gasteiger charge is -2.33. The summed E-state index contributed by atoms with van der Waals surface area (Å²) in [5, 5.41) is 0. The van der Waals surface area contributed by atoms with Gasteiger partial charge < -0.3 is 9.80 Å². The second-order valence-electron chi connectivity index (χ2n) is 4.70. The third kappa shape index (κ3) is 3.56. The third-order valence-corrected chi connectivity index (χ3v) is 3.61. The normalized spacial score (nSPS) is 16.1. The summed E-state index contributed by atoms with van der Waals surface area (Å²) in [6.45, 7) is 3.55. The van der Waals surface area contributed by atoms with Crippen molar-refractivity contribution in [3.8, 4) is 0 Å². The Labute approximate surface area is 121 Å². The molecule has 0 spiro atoms. The van der Waals surface area contributed by atoms with Crippen LogP contribution < -0.4 is 0 Å². The van der Waals surface area contributed by atoms with Gasteiger partial charge in [-0.25, -0.2) is 0 Å². The van der Waals surface area contributed by atoms with Crippen molar-refractivity contribution >= 4 is 27.7 Å². The maximum Gasteiger partial charge on any atom is 0.242 e. The fraction of sp³-hybridized carbons (Fsp3) is 0.429. The molecule has 19 heavy (non-hydrogen) atoms. The Balaban J connectivity index is 2.02. The fourth-order valence-electron chi connectivity index (χ4n) is 2.18. The highest BCUT2D eigenvalue weighted by Crippen LogP contribution is 2.15. The van der Waals surface area contributed by atoms with Crippen molar-refractivity contribution in [1.29, 1.82) is 0 Å². The van der Waals surface area contributed by atoms with Gasteiger partial charge in [-0.05, 0) is 24.1 Å². The molecule has 0 unspecified atom stereocenters. The maximum atomic E-state index is 12.0. The molecule has 0 N–H and O–H groups in total. The van der Waals surface area contributed by atoms with Crippen LogP contribution in [0.1, 0.15) is 18.9 Å². The summed E-state index contributed by atoms with van der Waals surface area (Å²) in [5.74, 6) is 0.0597. The van der Waals surface area contributed by atoms with Gasteiger partial charge in [-0.2, -0.15) is 0 Å². The molecule has 1 heterocycles. The van der Waals surface area contributed by atoms with Crippen molar-refractivity contribution in [2.45, 2.75) is 19.9 Å². The average Bonchev–Trinajstić information content (AvgIpc) is 2.36. The van der Waals surface area contributed by atoms with Crippen LogP contribution in [-0.4, -0.2) is 41.2 Å². The highest BCUT2D eigenvalue weighted by Gasteiger charge is 2.29. The first-order valence-electron chi connectivity index (χ1n) is 6.40. The lowest BCUT2D eigenvalue weighted by atomic mass is 10.2. The first-order valence-corrected chi connectivity index (χ1v) is 7.19. The zero-order chi connectivity index (χ0) is 13.8. The summed E-state index contributed by atoms with van der Waals surface area (Å²) < 4.78 is 0.980. The van der Waals surface area contributed by atoms with Crippen LogP contribution in [0.25, 0.3) is 0 Å². The number of nitrogens with zero attached hydrogens (tertiary/aromatic N) is 2. The Morgan fingerprint density at radius 3 is 2.53 bits per heavy atom. The summed E-state index contributed by atoms with van der Waals surface area (Å²) >= 11 is 3.41. The van der Waals surface area contributed by atoms with Crippen molar-refractivity contribution in [2.75, 3.05) is 19.6 Å². The Bertz CT molecular complexity index is 490. The van der Waals surface area contributed by atoms with E-state index in [1.54, 1.807) is 9.80 Å². The second kappa shape index (κ2) is 6.19. The van der Waals surface area contributed by atoms with Gasteiger partial charge in [-0.1, -0.05) is 35.0 Å². The summed E-state index contributed by atoms with van der Waals surface area (Å²) in [6, 6.07) is 7.80. The van der Waals surface area contributed by atoms with Gasteiger partial charge in [-0.3, -0.25) is 9.59 Å². The van der Waals surface area contributed by atoms with Crippen LogP contribution in [0.4, 0.5) is 0 Å². The number of amides is 2. The van der Waals surface area contributed by atoms with Gasteiger partial charge in [0.25, 0.3) is 0 Å². The zero-order valence-electron chi connectivity index (χ0n) is 10.9. The molecular weight excluding hydrogens is 308 g/mol. The van der Waals surface area contributed by atoms with E-state index < -0.39 is 0 Å². The van der Waals surface area contributed by atoms with Crippen LogP contribution in [0.15, 0.2) is 28.7 Å². The second-order valence-corrected chi connectivity index (χ2v) is 5.61. The largest absolute Gasteiger partial charge is 0.332 e. The molecule has 1 aliphatic rings. The molecule has 0 bridgehead atoms. The van der Waals surface area contributed by atoms with Crippen molar-refractivity contribution < 1.29 is 9.59 Å². The molecular formula is C14H17BrN2O2. The number of hydrogen-bond acceptors (Lipinski definition) is 2. The monoisotopic (exact) mass is 324 g/mol. The highest BCUT2D eigenvalue weighted by atomic mass is 79.9. The molecule has 4 nitrogen and oxygen atoms in total. The summed E-state index contributed by atoms with van der Waals surface area (Å²) in [6.07, 6.45) is 0.880. The maximum absolute atomic E-state index is 12.0. The van der Waals surface area contributed by atoms with Crippen molar-refractivity contribution in [2.24, 2.45) is 0 Å². The summed E-state index contributed by atoms with van der Waals surface area (Å²) in [7, 11) is 0. The van der Waals surface area contributed by atoms with Crippen LogP contribution in [0.3, 0.4) is 0 Å². The molecule has 0 radical (unpaired) electrons. The molecule has 1 aromatic rings. The van der Waals surface area contributed by atoms with E-state index in [9.17, 15) is 9.59 Å². The minimum Gasteiger partial charge on any atom is -0.332 e. The third-order valence-electron chi connectivity index (χ3n) is 3.11. The van der Waals surface area contributed by atoms with Crippen LogP contribution >= 0.6 is 15.9 Å². The quantitative estimate of drug-likeness (QED) is 0.850. The Morgan fingerprint density at radius 2 is 1.84 bits per heavy atom. The molecule has 0 saturated carbocycles. The molecule has 2 rings (SSSR count). The van der Waals surface area contributed by atoms with E-state index in [4.69, 9.17) is 0 Å². The molecule has 102 valence electrons. The predicted octanol–water partition coefficient (Wildman–Crippen LogP) is 2.03. The van der Waals surface area contributed by atoms with Gasteiger partial charge in [0, 0.05) is 17.6 Å². The fourth-order valence-corrected chi connectivity index (χ4v) is 2.62. The van der Waals surface area contributed by atoms with Crippen LogP contribution in [0.5, 0.6) is 0 Å². The van der Waals surface area contributed by atoms with E-state index in [1.807, 2.05) is 31.2 Å². The molecule has 5 heteroatoms. The van der Waals surface area contributed by atoms with Gasteiger partial charge in [0.1, 0.15) is 6.54 Å². The molecule has 1 saturated heterocycles. The predicted molar refractivity (Wildman–Crippen MR) is 76.4 cm³/mol. The molecule has 0 aromatic heterocycles. The number of benzene rings is 1. The zero-order valence-corrected chi connectivity index (χ0v) is 12.5. The first kappa shape index (κ1) is 14.1. The van der Waals surface area contributed by atoms with Crippen LogP contribution in [-0.2, 0) is 16.1 Å². The lowest BCUT2D eigenvalue weighted by molar-refractivity contribution is -0.150. The standard InChI is InChI=1S/C14H17BrN2O2/c1-2-6-16-9-14(19)17(10-13(16)18)8-11-4-3-5-12(15)7-11/h3-5,7H,2,6,8-10H2,1H3. The van der Waals surface area contributed by atoms with E-state index in [0.717, 1.165) is 16.5 Å². The molecule has 1 aliphatic heterocycles. The molecule has 0 aliphatic carbocycles. The lowest BCUT2D eigenvalue weighted by Crippen LogP contribution is -2.53. The minimum absolute atomic E-state index is 0.0213. The minimum atomic E-state index is 0.0213.